The van der Waals surface area contributed by atoms with Crippen molar-refractivity contribution in [1.29, 1.82) is 0 Å². The summed E-state index contributed by atoms with van der Waals surface area (Å²) in [6.07, 6.45) is 10.3. The third-order valence-electron chi connectivity index (χ3n) is 3.66. The second-order valence-corrected chi connectivity index (χ2v) is 5.15. The smallest absolute Gasteiger partial charge is 0.0399 e. The molecule has 1 nitrogen and oxygen atoms in total. The van der Waals surface area contributed by atoms with Crippen molar-refractivity contribution >= 4 is 5.70 Å². The van der Waals surface area contributed by atoms with Gasteiger partial charge >= 0.3 is 0 Å². The molecule has 1 heteroatoms. The molecule has 1 aliphatic heterocycles. The van der Waals surface area contributed by atoms with E-state index in [1.165, 1.54) is 62.9 Å². The molecule has 1 aromatic carbocycles. The molecule has 0 atom stereocenters. The van der Waals surface area contributed by atoms with E-state index in [1.807, 2.05) is 0 Å². The zero-order valence-corrected chi connectivity index (χ0v) is 11.6. The van der Waals surface area contributed by atoms with Gasteiger partial charge in [0.25, 0.3) is 0 Å². The second kappa shape index (κ2) is 7.25. The third kappa shape index (κ3) is 3.63. The Labute approximate surface area is 112 Å². The van der Waals surface area contributed by atoms with Gasteiger partial charge in [-0.25, -0.2) is 0 Å². The third-order valence-corrected chi connectivity index (χ3v) is 3.66. The molecule has 0 saturated carbocycles. The molecule has 0 radical (unpaired) electrons. The fourth-order valence-corrected chi connectivity index (χ4v) is 2.62. The Hall–Kier alpha value is -1.24. The topological polar surface area (TPSA) is 3.24 Å². The SMILES string of the molecule is CCCC/C=C(\c1ccccc1)N1CCCCC1. The number of nitrogens with zero attached hydrogens (tertiary/aromatic N) is 1. The van der Waals surface area contributed by atoms with Gasteiger partial charge in [0.1, 0.15) is 0 Å². The van der Waals surface area contributed by atoms with Gasteiger partial charge in [-0.15, -0.1) is 0 Å². The van der Waals surface area contributed by atoms with Gasteiger partial charge in [-0.2, -0.15) is 0 Å². The summed E-state index contributed by atoms with van der Waals surface area (Å²) in [4.78, 5) is 2.58. The van der Waals surface area contributed by atoms with Gasteiger partial charge in [0.15, 0.2) is 0 Å². The van der Waals surface area contributed by atoms with E-state index in [2.05, 4.69) is 48.2 Å². The first-order chi connectivity index (χ1) is 8.92. The lowest BCUT2D eigenvalue weighted by Crippen LogP contribution is -2.28. The molecule has 2 rings (SSSR count). The normalized spacial score (nSPS) is 16.9. The first-order valence-corrected chi connectivity index (χ1v) is 7.42. The van der Waals surface area contributed by atoms with E-state index >= 15 is 0 Å². The Balaban J connectivity index is 2.14. The fraction of sp³-hybridized carbons (Fsp3) is 0.529. The molecule has 0 aliphatic carbocycles. The van der Waals surface area contributed by atoms with Gasteiger partial charge in [0.05, 0.1) is 0 Å². The number of rotatable bonds is 5. The molecule has 0 bridgehead atoms. The van der Waals surface area contributed by atoms with Crippen LogP contribution in [0.5, 0.6) is 0 Å². The maximum Gasteiger partial charge on any atom is 0.0399 e. The average molecular weight is 243 g/mol. The molecule has 1 aromatic rings. The number of allylic oxidation sites excluding steroid dienone is 1. The van der Waals surface area contributed by atoms with Crippen molar-refractivity contribution in [2.45, 2.75) is 45.4 Å². The van der Waals surface area contributed by atoms with E-state index in [0.29, 0.717) is 0 Å². The van der Waals surface area contributed by atoms with Crippen LogP contribution >= 0.6 is 0 Å². The van der Waals surface area contributed by atoms with Crippen LogP contribution in [-0.4, -0.2) is 18.0 Å². The Bertz CT molecular complexity index is 360. The molecular weight excluding hydrogens is 218 g/mol. The number of benzene rings is 1. The molecule has 0 spiro atoms. The number of likely N-dealkylation sites (tertiary alicyclic amines) is 1. The highest BCUT2D eigenvalue weighted by Crippen LogP contribution is 2.24. The standard InChI is InChI=1S/C17H25N/c1-2-3-6-13-17(16-11-7-4-8-12-16)18-14-9-5-10-15-18/h4,7-8,11-13H,2-3,5-6,9-10,14-15H2,1H3/b17-13+. The van der Waals surface area contributed by atoms with E-state index in [1.54, 1.807) is 0 Å². The van der Waals surface area contributed by atoms with E-state index in [9.17, 15) is 0 Å². The van der Waals surface area contributed by atoms with Crippen LogP contribution in [0, 0.1) is 0 Å². The lowest BCUT2D eigenvalue weighted by Gasteiger charge is -2.31. The lowest BCUT2D eigenvalue weighted by atomic mass is 10.0. The minimum Gasteiger partial charge on any atom is -0.371 e. The molecule has 1 aliphatic rings. The minimum absolute atomic E-state index is 1.21. The minimum atomic E-state index is 1.21. The van der Waals surface area contributed by atoms with Gasteiger partial charge in [-0.05, 0) is 37.7 Å². The molecule has 0 N–H and O–H groups in total. The molecule has 18 heavy (non-hydrogen) atoms. The number of hydrogen-bond acceptors (Lipinski definition) is 1. The van der Waals surface area contributed by atoms with E-state index in [4.69, 9.17) is 0 Å². The van der Waals surface area contributed by atoms with Crippen LogP contribution in [0.1, 0.15) is 51.0 Å². The molecular formula is C17H25N. The molecule has 1 fully saturated rings. The zero-order valence-electron chi connectivity index (χ0n) is 11.6. The maximum atomic E-state index is 2.58. The van der Waals surface area contributed by atoms with Gasteiger partial charge in [-0.1, -0.05) is 49.8 Å². The summed E-state index contributed by atoms with van der Waals surface area (Å²) in [7, 11) is 0. The summed E-state index contributed by atoms with van der Waals surface area (Å²) in [6, 6.07) is 10.9. The van der Waals surface area contributed by atoms with Crippen LogP contribution in [0.4, 0.5) is 0 Å². The zero-order chi connectivity index (χ0) is 12.6. The van der Waals surface area contributed by atoms with Crippen LogP contribution in [0.25, 0.3) is 5.70 Å². The molecule has 0 unspecified atom stereocenters. The summed E-state index contributed by atoms with van der Waals surface area (Å²) in [6.45, 7) is 4.72. The van der Waals surface area contributed by atoms with Crippen LogP contribution in [0.3, 0.4) is 0 Å². The van der Waals surface area contributed by atoms with Crippen LogP contribution < -0.4 is 0 Å². The van der Waals surface area contributed by atoms with E-state index in [0.717, 1.165) is 0 Å². The number of piperidine rings is 1. The average Bonchev–Trinajstić information content (AvgIpc) is 2.46. The summed E-state index contributed by atoms with van der Waals surface area (Å²) < 4.78 is 0. The van der Waals surface area contributed by atoms with Gasteiger partial charge in [-0.3, -0.25) is 0 Å². The Morgan fingerprint density at radius 2 is 1.83 bits per heavy atom. The van der Waals surface area contributed by atoms with Gasteiger partial charge in [0, 0.05) is 18.8 Å². The van der Waals surface area contributed by atoms with Crippen molar-refractivity contribution in [2.24, 2.45) is 0 Å². The predicted molar refractivity (Wildman–Crippen MR) is 79.4 cm³/mol. The Morgan fingerprint density at radius 1 is 1.11 bits per heavy atom. The lowest BCUT2D eigenvalue weighted by molar-refractivity contribution is 0.325. The van der Waals surface area contributed by atoms with Crippen molar-refractivity contribution in [1.82, 2.24) is 4.90 Å². The van der Waals surface area contributed by atoms with Gasteiger partial charge < -0.3 is 4.90 Å². The molecule has 1 heterocycles. The summed E-state index contributed by atoms with van der Waals surface area (Å²) in [5.41, 5.74) is 2.85. The van der Waals surface area contributed by atoms with Crippen molar-refractivity contribution in [3.05, 3.63) is 42.0 Å². The van der Waals surface area contributed by atoms with Crippen molar-refractivity contribution < 1.29 is 0 Å². The van der Waals surface area contributed by atoms with Crippen LogP contribution in [0.15, 0.2) is 36.4 Å². The number of hydrogen-bond donors (Lipinski definition) is 0. The highest BCUT2D eigenvalue weighted by Gasteiger charge is 2.14. The first-order valence-electron chi connectivity index (χ1n) is 7.42. The fourth-order valence-electron chi connectivity index (χ4n) is 2.62. The monoisotopic (exact) mass is 243 g/mol. The Kier molecular flexibility index (Phi) is 5.32. The van der Waals surface area contributed by atoms with Crippen molar-refractivity contribution in [3.63, 3.8) is 0 Å². The summed E-state index contributed by atoms with van der Waals surface area (Å²) >= 11 is 0. The highest BCUT2D eigenvalue weighted by molar-refractivity contribution is 5.64. The molecule has 1 saturated heterocycles. The first kappa shape index (κ1) is 13.2. The van der Waals surface area contributed by atoms with E-state index < -0.39 is 0 Å². The van der Waals surface area contributed by atoms with Crippen molar-refractivity contribution in [2.75, 3.05) is 13.1 Å². The second-order valence-electron chi connectivity index (χ2n) is 5.15. The summed E-state index contributed by atoms with van der Waals surface area (Å²) in [5.74, 6) is 0. The van der Waals surface area contributed by atoms with Crippen molar-refractivity contribution in [3.8, 4) is 0 Å². The number of unbranched alkanes of at least 4 members (excludes halogenated alkanes) is 2. The molecule has 0 amide bonds. The Morgan fingerprint density at radius 3 is 2.50 bits per heavy atom. The van der Waals surface area contributed by atoms with Gasteiger partial charge in [0.2, 0.25) is 0 Å². The van der Waals surface area contributed by atoms with E-state index in [-0.39, 0.29) is 0 Å². The predicted octanol–water partition coefficient (Wildman–Crippen LogP) is 4.70. The van der Waals surface area contributed by atoms with Crippen LogP contribution in [0.2, 0.25) is 0 Å². The summed E-state index contributed by atoms with van der Waals surface area (Å²) in [5, 5.41) is 0. The maximum absolute atomic E-state index is 2.58. The quantitative estimate of drug-likeness (QED) is 0.677. The molecule has 0 aromatic heterocycles. The van der Waals surface area contributed by atoms with Crippen LogP contribution in [-0.2, 0) is 0 Å². The molecule has 98 valence electrons. The largest absolute Gasteiger partial charge is 0.371 e. The highest BCUT2D eigenvalue weighted by atomic mass is 15.1.